The summed E-state index contributed by atoms with van der Waals surface area (Å²) in [5.74, 6) is -0.471. The molecular formula is C9H13N3O3. The van der Waals surface area contributed by atoms with Crippen LogP contribution in [0, 0.1) is 0 Å². The molecule has 0 unspecified atom stereocenters. The molecular weight excluding hydrogens is 198 g/mol. The van der Waals surface area contributed by atoms with Gasteiger partial charge in [-0.25, -0.2) is 0 Å². The predicted octanol–water partition coefficient (Wildman–Crippen LogP) is 0.0927. The molecule has 2 N–H and O–H groups in total. The van der Waals surface area contributed by atoms with E-state index in [1.807, 2.05) is 0 Å². The van der Waals surface area contributed by atoms with Crippen LogP contribution in [0.3, 0.4) is 0 Å². The summed E-state index contributed by atoms with van der Waals surface area (Å²) in [6.07, 6.45) is 3.82. The standard InChI is InChI=1S/C9H13N3O3/c1-15-8(13)3-2-4-10-9(14)7-5-11-12-6-7/h5-6H,2-4H2,1H3,(H,10,14)(H,11,12). The van der Waals surface area contributed by atoms with Crippen LogP contribution in [0.4, 0.5) is 0 Å². The molecule has 0 radical (unpaired) electrons. The summed E-state index contributed by atoms with van der Waals surface area (Å²) in [5, 5.41) is 8.85. The van der Waals surface area contributed by atoms with E-state index in [0.29, 0.717) is 24.9 Å². The van der Waals surface area contributed by atoms with E-state index in [1.165, 1.54) is 19.5 Å². The minimum absolute atomic E-state index is 0.200. The first kappa shape index (κ1) is 11.2. The lowest BCUT2D eigenvalue weighted by atomic mass is 10.3. The SMILES string of the molecule is COC(=O)CCCNC(=O)c1cn[nH]c1. The zero-order chi connectivity index (χ0) is 11.1. The summed E-state index contributed by atoms with van der Waals surface area (Å²) in [6, 6.07) is 0. The third-order valence-electron chi connectivity index (χ3n) is 1.83. The number of methoxy groups -OCH3 is 1. The lowest BCUT2D eigenvalue weighted by Gasteiger charge is -2.02. The van der Waals surface area contributed by atoms with Crippen LogP contribution in [0.5, 0.6) is 0 Å². The van der Waals surface area contributed by atoms with Gasteiger partial charge < -0.3 is 10.1 Å². The quantitative estimate of drug-likeness (QED) is 0.534. The maximum atomic E-state index is 11.3. The van der Waals surface area contributed by atoms with Crippen molar-refractivity contribution >= 4 is 11.9 Å². The molecule has 1 aromatic rings. The van der Waals surface area contributed by atoms with Gasteiger partial charge in [-0.3, -0.25) is 14.7 Å². The molecule has 0 bridgehead atoms. The molecule has 0 saturated heterocycles. The molecule has 1 heterocycles. The monoisotopic (exact) mass is 211 g/mol. The molecule has 0 fully saturated rings. The van der Waals surface area contributed by atoms with Gasteiger partial charge in [0.2, 0.25) is 0 Å². The van der Waals surface area contributed by atoms with E-state index in [9.17, 15) is 9.59 Å². The molecule has 0 aliphatic rings. The van der Waals surface area contributed by atoms with Crippen LogP contribution in [0.1, 0.15) is 23.2 Å². The number of rotatable bonds is 5. The number of carbonyl (C=O) groups is 2. The first-order valence-electron chi connectivity index (χ1n) is 4.58. The third-order valence-corrected chi connectivity index (χ3v) is 1.83. The Bertz CT molecular complexity index is 321. The van der Waals surface area contributed by atoms with Crippen molar-refractivity contribution in [1.82, 2.24) is 15.5 Å². The molecule has 0 spiro atoms. The Morgan fingerprint density at radius 2 is 2.40 bits per heavy atom. The Morgan fingerprint density at radius 3 is 3.00 bits per heavy atom. The fraction of sp³-hybridized carbons (Fsp3) is 0.444. The van der Waals surface area contributed by atoms with Gasteiger partial charge in [0.1, 0.15) is 0 Å². The van der Waals surface area contributed by atoms with Gasteiger partial charge in [0.25, 0.3) is 5.91 Å². The molecule has 0 saturated carbocycles. The van der Waals surface area contributed by atoms with Gasteiger partial charge in [0.15, 0.2) is 0 Å². The van der Waals surface area contributed by atoms with Gasteiger partial charge in [-0.05, 0) is 6.42 Å². The highest BCUT2D eigenvalue weighted by Crippen LogP contribution is 1.94. The summed E-state index contributed by atoms with van der Waals surface area (Å²) in [4.78, 5) is 22.1. The number of esters is 1. The second-order valence-corrected chi connectivity index (χ2v) is 2.92. The molecule has 0 aliphatic heterocycles. The lowest BCUT2D eigenvalue weighted by Crippen LogP contribution is -2.24. The van der Waals surface area contributed by atoms with Crippen LogP contribution in [0.2, 0.25) is 0 Å². The number of nitrogens with zero attached hydrogens (tertiary/aromatic N) is 1. The van der Waals surface area contributed by atoms with Gasteiger partial charge in [0.05, 0.1) is 18.9 Å². The number of aromatic amines is 1. The minimum Gasteiger partial charge on any atom is -0.469 e. The van der Waals surface area contributed by atoms with Crippen LogP contribution < -0.4 is 5.32 Å². The maximum Gasteiger partial charge on any atom is 0.305 e. The van der Waals surface area contributed by atoms with Crippen LogP contribution in [0.25, 0.3) is 0 Å². The number of aromatic nitrogens is 2. The first-order valence-corrected chi connectivity index (χ1v) is 4.58. The lowest BCUT2D eigenvalue weighted by molar-refractivity contribution is -0.140. The highest BCUT2D eigenvalue weighted by Gasteiger charge is 2.05. The Balaban J connectivity index is 2.16. The van der Waals surface area contributed by atoms with E-state index in [0.717, 1.165) is 0 Å². The third kappa shape index (κ3) is 3.80. The Labute approximate surface area is 87.0 Å². The molecule has 15 heavy (non-hydrogen) atoms. The Hall–Kier alpha value is -1.85. The summed E-state index contributed by atoms with van der Waals surface area (Å²) in [6.45, 7) is 0.444. The highest BCUT2D eigenvalue weighted by molar-refractivity contribution is 5.93. The highest BCUT2D eigenvalue weighted by atomic mass is 16.5. The minimum atomic E-state index is -0.271. The van der Waals surface area contributed by atoms with Crippen molar-refractivity contribution in [2.45, 2.75) is 12.8 Å². The summed E-state index contributed by atoms with van der Waals surface area (Å²) in [5.41, 5.74) is 0.480. The van der Waals surface area contributed by atoms with Crippen LogP contribution >= 0.6 is 0 Å². The molecule has 0 aliphatic carbocycles. The van der Waals surface area contributed by atoms with Crippen LogP contribution in [-0.2, 0) is 9.53 Å². The Morgan fingerprint density at radius 1 is 1.60 bits per heavy atom. The van der Waals surface area contributed by atoms with Gasteiger partial charge in [-0.1, -0.05) is 0 Å². The number of H-pyrrole nitrogens is 1. The number of hydrogen-bond donors (Lipinski definition) is 2. The normalized spacial score (nSPS) is 9.67. The smallest absolute Gasteiger partial charge is 0.305 e. The van der Waals surface area contributed by atoms with Crippen molar-refractivity contribution in [3.63, 3.8) is 0 Å². The molecule has 82 valence electrons. The largest absolute Gasteiger partial charge is 0.469 e. The number of amides is 1. The van der Waals surface area contributed by atoms with Crippen molar-refractivity contribution in [3.05, 3.63) is 18.0 Å². The van der Waals surface area contributed by atoms with Gasteiger partial charge >= 0.3 is 5.97 Å². The van der Waals surface area contributed by atoms with E-state index < -0.39 is 0 Å². The zero-order valence-corrected chi connectivity index (χ0v) is 8.45. The molecule has 1 amide bonds. The van der Waals surface area contributed by atoms with E-state index in [2.05, 4.69) is 20.3 Å². The summed E-state index contributed by atoms with van der Waals surface area (Å²) < 4.78 is 4.46. The van der Waals surface area contributed by atoms with Gasteiger partial charge in [0, 0.05) is 19.2 Å². The van der Waals surface area contributed by atoms with E-state index in [4.69, 9.17) is 0 Å². The van der Waals surface area contributed by atoms with Gasteiger partial charge in [-0.15, -0.1) is 0 Å². The fourth-order valence-corrected chi connectivity index (χ4v) is 1.01. The van der Waals surface area contributed by atoms with E-state index in [-0.39, 0.29) is 11.9 Å². The van der Waals surface area contributed by atoms with Crippen molar-refractivity contribution < 1.29 is 14.3 Å². The summed E-state index contributed by atoms with van der Waals surface area (Å²) >= 11 is 0. The maximum absolute atomic E-state index is 11.3. The van der Waals surface area contributed by atoms with Gasteiger partial charge in [-0.2, -0.15) is 5.10 Å². The van der Waals surface area contributed by atoms with Crippen LogP contribution in [0.15, 0.2) is 12.4 Å². The molecule has 1 aromatic heterocycles. The Kier molecular flexibility index (Phi) is 4.33. The first-order chi connectivity index (χ1) is 7.24. The average molecular weight is 211 g/mol. The van der Waals surface area contributed by atoms with Crippen molar-refractivity contribution in [2.24, 2.45) is 0 Å². The van der Waals surface area contributed by atoms with Crippen molar-refractivity contribution in [3.8, 4) is 0 Å². The van der Waals surface area contributed by atoms with E-state index in [1.54, 1.807) is 0 Å². The number of hydrogen-bond acceptors (Lipinski definition) is 4. The molecule has 0 atom stereocenters. The van der Waals surface area contributed by atoms with Crippen molar-refractivity contribution in [2.75, 3.05) is 13.7 Å². The number of nitrogens with one attached hydrogen (secondary N) is 2. The molecule has 6 heteroatoms. The predicted molar refractivity (Wildman–Crippen MR) is 52.2 cm³/mol. The zero-order valence-electron chi connectivity index (χ0n) is 8.45. The van der Waals surface area contributed by atoms with Crippen LogP contribution in [-0.4, -0.2) is 35.7 Å². The molecule has 6 nitrogen and oxygen atoms in total. The second kappa shape index (κ2) is 5.79. The topological polar surface area (TPSA) is 84.1 Å². The summed E-state index contributed by atoms with van der Waals surface area (Å²) in [7, 11) is 1.34. The van der Waals surface area contributed by atoms with E-state index >= 15 is 0 Å². The molecule has 0 aromatic carbocycles. The second-order valence-electron chi connectivity index (χ2n) is 2.92. The number of carbonyl (C=O) groups excluding carboxylic acids is 2. The number of ether oxygens (including phenoxy) is 1. The van der Waals surface area contributed by atoms with Crippen molar-refractivity contribution in [1.29, 1.82) is 0 Å². The fourth-order valence-electron chi connectivity index (χ4n) is 1.01. The molecule has 1 rings (SSSR count). The average Bonchev–Trinajstić information content (AvgIpc) is 2.77.